The van der Waals surface area contributed by atoms with Crippen molar-refractivity contribution in [1.29, 1.82) is 0 Å². The first kappa shape index (κ1) is 29.8. The van der Waals surface area contributed by atoms with Gasteiger partial charge in [-0.3, -0.25) is 9.59 Å². The number of pyridine rings is 1. The number of nitrogens with zero attached hydrogens (tertiary/aromatic N) is 2. The molecule has 2 atom stereocenters. The minimum Gasteiger partial charge on any atom is -0.462 e. The molecule has 218 valence electrons. The van der Waals surface area contributed by atoms with E-state index >= 15 is 0 Å². The summed E-state index contributed by atoms with van der Waals surface area (Å²) in [7, 11) is 0. The minimum absolute atomic E-state index is 0.0208. The number of piperidine rings is 1. The van der Waals surface area contributed by atoms with Crippen molar-refractivity contribution in [2.45, 2.75) is 63.8 Å². The SMILES string of the molecule is CCOC(=O)c1cn(C[C@]2(O)CCN(C(=O)[C@H](CO)CC(F)(F)F)CC23CCCC3)c(=O)cc1-c1ccccc1. The van der Waals surface area contributed by atoms with Gasteiger partial charge in [-0.25, -0.2) is 4.79 Å². The van der Waals surface area contributed by atoms with Gasteiger partial charge < -0.3 is 24.4 Å². The molecule has 4 rings (SSSR count). The summed E-state index contributed by atoms with van der Waals surface area (Å²) in [5.74, 6) is -3.01. The van der Waals surface area contributed by atoms with Crippen LogP contribution in [-0.2, 0) is 16.1 Å². The first-order chi connectivity index (χ1) is 18.9. The van der Waals surface area contributed by atoms with Crippen molar-refractivity contribution in [1.82, 2.24) is 9.47 Å². The molecule has 8 nitrogen and oxygen atoms in total. The number of halogens is 3. The lowest BCUT2D eigenvalue weighted by Crippen LogP contribution is -2.62. The number of amides is 1. The zero-order chi connectivity index (χ0) is 29.1. The van der Waals surface area contributed by atoms with Crippen molar-refractivity contribution in [2.24, 2.45) is 11.3 Å². The summed E-state index contributed by atoms with van der Waals surface area (Å²) < 4.78 is 45.5. The first-order valence-electron chi connectivity index (χ1n) is 13.6. The molecule has 1 aromatic carbocycles. The number of rotatable bonds is 8. The first-order valence-corrected chi connectivity index (χ1v) is 13.6. The van der Waals surface area contributed by atoms with E-state index in [-0.39, 0.29) is 38.2 Å². The highest BCUT2D eigenvalue weighted by molar-refractivity contribution is 5.96. The number of aromatic nitrogens is 1. The molecule has 1 spiro atoms. The van der Waals surface area contributed by atoms with Crippen molar-refractivity contribution < 1.29 is 37.7 Å². The Morgan fingerprint density at radius 1 is 1.12 bits per heavy atom. The number of aliphatic hydroxyl groups excluding tert-OH is 1. The summed E-state index contributed by atoms with van der Waals surface area (Å²) in [5.41, 5.74) is -1.50. The minimum atomic E-state index is -4.60. The molecule has 2 heterocycles. The molecule has 2 aliphatic rings. The largest absolute Gasteiger partial charge is 0.462 e. The van der Waals surface area contributed by atoms with Crippen molar-refractivity contribution in [3.05, 3.63) is 58.5 Å². The Morgan fingerprint density at radius 2 is 1.80 bits per heavy atom. The van der Waals surface area contributed by atoms with E-state index in [1.54, 1.807) is 31.2 Å². The summed E-state index contributed by atoms with van der Waals surface area (Å²) in [5, 5.41) is 21.6. The van der Waals surface area contributed by atoms with Crippen LogP contribution in [0.25, 0.3) is 11.1 Å². The van der Waals surface area contributed by atoms with Gasteiger partial charge in [0.25, 0.3) is 5.56 Å². The van der Waals surface area contributed by atoms with Crippen LogP contribution in [0, 0.1) is 11.3 Å². The second-order valence-corrected chi connectivity index (χ2v) is 10.9. The smallest absolute Gasteiger partial charge is 0.389 e. The quantitative estimate of drug-likeness (QED) is 0.473. The molecule has 1 saturated heterocycles. The van der Waals surface area contributed by atoms with Crippen LogP contribution in [-0.4, -0.2) is 69.6 Å². The molecule has 1 aliphatic heterocycles. The number of esters is 1. The Kier molecular flexibility index (Phi) is 8.75. The maximum absolute atomic E-state index is 13.3. The zero-order valence-corrected chi connectivity index (χ0v) is 22.5. The fourth-order valence-electron chi connectivity index (χ4n) is 6.26. The predicted octanol–water partition coefficient (Wildman–Crippen LogP) is 3.78. The molecule has 11 heteroatoms. The lowest BCUT2D eigenvalue weighted by atomic mass is 9.65. The number of aliphatic hydroxyl groups is 2. The Balaban J connectivity index is 1.66. The van der Waals surface area contributed by atoms with Crippen molar-refractivity contribution in [3.8, 4) is 11.1 Å². The van der Waals surface area contributed by atoms with E-state index in [4.69, 9.17) is 4.74 Å². The molecule has 0 unspecified atom stereocenters. The van der Waals surface area contributed by atoms with E-state index in [1.165, 1.54) is 21.7 Å². The van der Waals surface area contributed by atoms with Gasteiger partial charge in [0.05, 0.1) is 43.3 Å². The third-order valence-electron chi connectivity index (χ3n) is 8.33. The number of hydrogen-bond acceptors (Lipinski definition) is 6. The van der Waals surface area contributed by atoms with Gasteiger partial charge in [-0.15, -0.1) is 0 Å². The van der Waals surface area contributed by atoms with E-state index < -0.39 is 53.6 Å². The molecule has 0 bridgehead atoms. The number of benzene rings is 1. The van der Waals surface area contributed by atoms with Gasteiger partial charge in [0.1, 0.15) is 0 Å². The van der Waals surface area contributed by atoms with Gasteiger partial charge in [0, 0.05) is 36.3 Å². The lowest BCUT2D eigenvalue weighted by Gasteiger charge is -2.52. The molecule has 1 amide bonds. The van der Waals surface area contributed by atoms with Crippen LogP contribution in [0.5, 0.6) is 0 Å². The summed E-state index contributed by atoms with van der Waals surface area (Å²) >= 11 is 0. The third-order valence-corrected chi connectivity index (χ3v) is 8.33. The summed E-state index contributed by atoms with van der Waals surface area (Å²) in [6, 6.07) is 10.3. The number of ether oxygens (including phenoxy) is 1. The number of carbonyl (C=O) groups excluding carboxylic acids is 2. The molecule has 0 radical (unpaired) electrons. The Morgan fingerprint density at radius 3 is 2.40 bits per heavy atom. The molecule has 40 heavy (non-hydrogen) atoms. The third kappa shape index (κ3) is 6.10. The molecular weight excluding hydrogens is 529 g/mol. The number of likely N-dealkylation sites (tertiary alicyclic amines) is 1. The van der Waals surface area contributed by atoms with E-state index in [0.29, 0.717) is 24.0 Å². The average molecular weight is 565 g/mol. The Labute approximate surface area is 230 Å². The molecular formula is C29H35F3N2O6. The lowest BCUT2D eigenvalue weighted by molar-refractivity contribution is -0.175. The van der Waals surface area contributed by atoms with Crippen LogP contribution >= 0.6 is 0 Å². The summed E-state index contributed by atoms with van der Waals surface area (Å²) in [6.45, 7) is 0.735. The topological polar surface area (TPSA) is 109 Å². The second kappa shape index (κ2) is 11.7. The zero-order valence-electron chi connectivity index (χ0n) is 22.5. The Bertz CT molecular complexity index is 1270. The van der Waals surface area contributed by atoms with Gasteiger partial charge in [0.15, 0.2) is 0 Å². The van der Waals surface area contributed by atoms with Gasteiger partial charge in [-0.2, -0.15) is 13.2 Å². The van der Waals surface area contributed by atoms with Crippen molar-refractivity contribution >= 4 is 11.9 Å². The van der Waals surface area contributed by atoms with Gasteiger partial charge in [-0.05, 0) is 31.7 Å². The van der Waals surface area contributed by atoms with Crippen LogP contribution < -0.4 is 5.56 Å². The normalized spacial score (nSPS) is 21.4. The van der Waals surface area contributed by atoms with Gasteiger partial charge >= 0.3 is 12.1 Å². The molecule has 1 aliphatic carbocycles. The molecule has 1 saturated carbocycles. The number of alkyl halides is 3. The van der Waals surface area contributed by atoms with E-state index in [2.05, 4.69) is 0 Å². The van der Waals surface area contributed by atoms with Gasteiger partial charge in [-0.1, -0.05) is 43.2 Å². The van der Waals surface area contributed by atoms with Crippen LogP contribution in [0.4, 0.5) is 13.2 Å². The Hall–Kier alpha value is -3.18. The molecule has 1 aromatic heterocycles. The maximum Gasteiger partial charge on any atom is 0.389 e. The van der Waals surface area contributed by atoms with E-state index in [0.717, 1.165) is 12.8 Å². The van der Waals surface area contributed by atoms with Crippen molar-refractivity contribution in [2.75, 3.05) is 26.3 Å². The highest BCUT2D eigenvalue weighted by Gasteiger charge is 2.56. The fourth-order valence-corrected chi connectivity index (χ4v) is 6.26. The summed E-state index contributed by atoms with van der Waals surface area (Å²) in [6.07, 6.45) is -2.03. The van der Waals surface area contributed by atoms with Crippen LogP contribution in [0.15, 0.2) is 47.4 Å². The van der Waals surface area contributed by atoms with Crippen LogP contribution in [0.2, 0.25) is 0 Å². The van der Waals surface area contributed by atoms with E-state index in [1.807, 2.05) is 6.07 Å². The van der Waals surface area contributed by atoms with Crippen LogP contribution in [0.1, 0.15) is 55.8 Å². The van der Waals surface area contributed by atoms with Crippen LogP contribution in [0.3, 0.4) is 0 Å². The standard InChI is InChI=1S/C29H35F3N2O6/c1-2-40-26(38)23-16-34(24(36)14-22(23)20-8-4-3-5-9-20)19-28(39)12-13-33(18-27(28)10-6-7-11-27)25(37)21(17-35)15-29(30,31)32/h3-5,8-9,14,16,21,35,39H,2,6-7,10-13,15,17-19H2,1H3/t21-,28+/m0/s1. The fraction of sp³-hybridized carbons (Fsp3) is 0.552. The average Bonchev–Trinajstić information content (AvgIpc) is 3.39. The number of carbonyl (C=O) groups is 2. The predicted molar refractivity (Wildman–Crippen MR) is 140 cm³/mol. The highest BCUT2D eigenvalue weighted by atomic mass is 19.4. The van der Waals surface area contributed by atoms with E-state index in [9.17, 15) is 37.8 Å². The summed E-state index contributed by atoms with van der Waals surface area (Å²) in [4.78, 5) is 40.5. The molecule has 2 fully saturated rings. The molecule has 2 N–H and O–H groups in total. The maximum atomic E-state index is 13.3. The molecule has 2 aromatic rings. The number of hydrogen-bond donors (Lipinski definition) is 2. The van der Waals surface area contributed by atoms with Gasteiger partial charge in [0.2, 0.25) is 5.91 Å². The monoisotopic (exact) mass is 564 g/mol. The second-order valence-electron chi connectivity index (χ2n) is 10.9. The van der Waals surface area contributed by atoms with Crippen molar-refractivity contribution in [3.63, 3.8) is 0 Å². The highest BCUT2D eigenvalue weighted by Crippen LogP contribution is 2.52.